The number of aliphatic hydroxyl groups is 6. The summed E-state index contributed by atoms with van der Waals surface area (Å²) in [6.45, 7) is 2.21. The Morgan fingerprint density at radius 2 is 1.32 bits per heavy atom. The van der Waals surface area contributed by atoms with Crippen molar-refractivity contribution in [3.8, 4) is 0 Å². The third-order valence-electron chi connectivity index (χ3n) is 5.12. The molecular formula is C20H24O8. The molecular weight excluding hydrogens is 368 g/mol. The van der Waals surface area contributed by atoms with Crippen molar-refractivity contribution in [1.82, 2.24) is 0 Å². The van der Waals surface area contributed by atoms with Crippen LogP contribution in [0.25, 0.3) is 10.8 Å². The highest BCUT2D eigenvalue weighted by molar-refractivity contribution is 5.87. The van der Waals surface area contributed by atoms with Gasteiger partial charge in [0, 0.05) is 24.0 Å². The Morgan fingerprint density at radius 3 is 1.86 bits per heavy atom. The summed E-state index contributed by atoms with van der Waals surface area (Å²) in [7, 11) is 0. The van der Waals surface area contributed by atoms with Gasteiger partial charge in [0.2, 0.25) is 11.6 Å². The summed E-state index contributed by atoms with van der Waals surface area (Å²) in [4.78, 5) is 21.5. The van der Waals surface area contributed by atoms with Crippen molar-refractivity contribution >= 4 is 23.3 Å². The fourth-order valence-electron chi connectivity index (χ4n) is 3.01. The molecule has 0 saturated carbocycles. The molecule has 2 aromatic rings. The molecule has 0 heterocycles. The van der Waals surface area contributed by atoms with E-state index in [2.05, 4.69) is 0 Å². The summed E-state index contributed by atoms with van der Waals surface area (Å²) in [5.74, 6) is -5.52. The van der Waals surface area contributed by atoms with E-state index in [1.165, 1.54) is 30.3 Å². The summed E-state index contributed by atoms with van der Waals surface area (Å²) >= 11 is 0. The Labute approximate surface area is 161 Å². The van der Waals surface area contributed by atoms with Crippen LogP contribution in [0.15, 0.2) is 36.4 Å². The average Bonchev–Trinajstić information content (AvgIpc) is 2.60. The van der Waals surface area contributed by atoms with E-state index in [1.807, 2.05) is 0 Å². The molecule has 0 aliphatic carbocycles. The molecule has 0 aromatic heterocycles. The predicted molar refractivity (Wildman–Crippen MR) is 98.8 cm³/mol. The molecule has 0 saturated heterocycles. The maximum absolute atomic E-state index is 10.8. The minimum atomic E-state index is -2.77. The highest BCUT2D eigenvalue weighted by Gasteiger charge is 2.47. The van der Waals surface area contributed by atoms with Crippen molar-refractivity contribution in [2.75, 3.05) is 0 Å². The van der Waals surface area contributed by atoms with Crippen LogP contribution in [0.5, 0.6) is 0 Å². The third kappa shape index (κ3) is 3.58. The molecule has 0 amide bonds. The molecule has 2 atom stereocenters. The molecule has 2 unspecified atom stereocenters. The van der Waals surface area contributed by atoms with E-state index in [-0.39, 0.29) is 16.5 Å². The molecule has 2 rings (SSSR count). The summed E-state index contributed by atoms with van der Waals surface area (Å²) in [5.41, 5.74) is -4.55. The zero-order chi connectivity index (χ0) is 21.4. The molecule has 6 N–H and O–H groups in total. The highest BCUT2D eigenvalue weighted by atomic mass is 16.5. The van der Waals surface area contributed by atoms with Gasteiger partial charge in [0.15, 0.2) is 0 Å². The van der Waals surface area contributed by atoms with Gasteiger partial charge >= 0.3 is 0 Å². The maximum atomic E-state index is 10.8. The van der Waals surface area contributed by atoms with Crippen LogP contribution < -0.4 is 0 Å². The number of fused-ring (bicyclic) bond motifs is 1. The van der Waals surface area contributed by atoms with E-state index in [9.17, 15) is 40.2 Å². The van der Waals surface area contributed by atoms with E-state index in [0.29, 0.717) is 18.0 Å². The molecule has 2 aromatic carbocycles. The standard InChI is InChI=1S/C20H24O8/c1-17(23,8-10-21)19(25,26)14-6-7-15-13(12-14)4-3-5-16(15)20(27,28)18(2,24)9-11-22/h3-7,10-12,23-28H,8-9H2,1-2H3. The second-order valence-corrected chi connectivity index (χ2v) is 7.38. The van der Waals surface area contributed by atoms with Gasteiger partial charge < -0.3 is 40.2 Å². The van der Waals surface area contributed by atoms with Gasteiger partial charge in [-0.1, -0.05) is 30.3 Å². The monoisotopic (exact) mass is 392 g/mol. The molecule has 8 nitrogen and oxygen atoms in total. The number of carbonyl (C=O) groups is 2. The first kappa shape index (κ1) is 22.1. The number of rotatable bonds is 8. The summed E-state index contributed by atoms with van der Waals surface area (Å²) in [6.07, 6.45) is -0.324. The number of benzene rings is 2. The molecule has 8 heteroatoms. The molecule has 0 bridgehead atoms. The first-order valence-electron chi connectivity index (χ1n) is 8.57. The van der Waals surface area contributed by atoms with Crippen LogP contribution in [-0.4, -0.2) is 54.4 Å². The van der Waals surface area contributed by atoms with E-state index in [0.717, 1.165) is 13.8 Å². The van der Waals surface area contributed by atoms with Crippen LogP contribution in [-0.2, 0) is 21.2 Å². The number of hydrogen-bond donors (Lipinski definition) is 6. The van der Waals surface area contributed by atoms with Crippen LogP contribution in [0, 0.1) is 0 Å². The maximum Gasteiger partial charge on any atom is 0.220 e. The van der Waals surface area contributed by atoms with E-state index in [4.69, 9.17) is 0 Å². The van der Waals surface area contributed by atoms with Crippen molar-refractivity contribution in [2.24, 2.45) is 0 Å². The van der Waals surface area contributed by atoms with Gasteiger partial charge in [0.1, 0.15) is 23.8 Å². The van der Waals surface area contributed by atoms with Gasteiger partial charge in [-0.2, -0.15) is 0 Å². The molecule has 0 radical (unpaired) electrons. The van der Waals surface area contributed by atoms with Gasteiger partial charge in [-0.05, 0) is 30.7 Å². The van der Waals surface area contributed by atoms with Crippen molar-refractivity contribution < 1.29 is 40.2 Å². The van der Waals surface area contributed by atoms with Gasteiger partial charge in [-0.25, -0.2) is 0 Å². The highest BCUT2D eigenvalue weighted by Crippen LogP contribution is 2.39. The summed E-state index contributed by atoms with van der Waals surface area (Å²) in [6, 6.07) is 8.28. The van der Waals surface area contributed by atoms with Gasteiger partial charge in [0.25, 0.3) is 0 Å². The average molecular weight is 392 g/mol. The van der Waals surface area contributed by atoms with Crippen molar-refractivity contribution in [3.05, 3.63) is 47.5 Å². The van der Waals surface area contributed by atoms with E-state index in [1.54, 1.807) is 6.07 Å². The smallest absolute Gasteiger partial charge is 0.220 e. The van der Waals surface area contributed by atoms with Gasteiger partial charge in [0.05, 0.1) is 0 Å². The Morgan fingerprint density at radius 1 is 0.786 bits per heavy atom. The Bertz CT molecular complexity index is 883. The minimum Gasteiger partial charge on any atom is -0.384 e. The zero-order valence-electron chi connectivity index (χ0n) is 15.5. The molecule has 0 aliphatic heterocycles. The number of aldehydes is 2. The molecule has 0 spiro atoms. The van der Waals surface area contributed by atoms with E-state index >= 15 is 0 Å². The Kier molecular flexibility index (Phi) is 5.78. The fourth-order valence-corrected chi connectivity index (χ4v) is 3.01. The Balaban J connectivity index is 2.63. The molecule has 28 heavy (non-hydrogen) atoms. The van der Waals surface area contributed by atoms with Gasteiger partial charge in [-0.15, -0.1) is 0 Å². The fraction of sp³-hybridized carbons (Fsp3) is 0.400. The third-order valence-corrected chi connectivity index (χ3v) is 5.12. The zero-order valence-corrected chi connectivity index (χ0v) is 15.5. The Hall–Kier alpha value is -2.20. The molecule has 0 aliphatic rings. The van der Waals surface area contributed by atoms with Crippen molar-refractivity contribution in [2.45, 2.75) is 49.5 Å². The normalized spacial score (nSPS) is 17.0. The van der Waals surface area contributed by atoms with Crippen LogP contribution in [0.3, 0.4) is 0 Å². The van der Waals surface area contributed by atoms with Crippen LogP contribution in [0.4, 0.5) is 0 Å². The SMILES string of the molecule is CC(O)(CC=O)C(O)(O)c1ccc2c(C(O)(O)C(C)(O)CC=O)cccc2c1. The predicted octanol–water partition coefficient (Wildman–Crippen LogP) is -0.205. The number of hydrogen-bond acceptors (Lipinski definition) is 8. The lowest BCUT2D eigenvalue weighted by atomic mass is 9.82. The lowest BCUT2D eigenvalue weighted by molar-refractivity contribution is -0.277. The van der Waals surface area contributed by atoms with Crippen LogP contribution >= 0.6 is 0 Å². The second kappa shape index (κ2) is 7.32. The quantitative estimate of drug-likeness (QED) is 0.266. The lowest BCUT2D eigenvalue weighted by Gasteiger charge is -2.37. The van der Waals surface area contributed by atoms with Crippen molar-refractivity contribution in [1.29, 1.82) is 0 Å². The summed E-state index contributed by atoms with van der Waals surface area (Å²) < 4.78 is 0. The number of carbonyl (C=O) groups excluding carboxylic acids is 2. The van der Waals surface area contributed by atoms with Crippen LogP contribution in [0.1, 0.15) is 37.8 Å². The van der Waals surface area contributed by atoms with Gasteiger partial charge in [-0.3, -0.25) is 0 Å². The molecule has 152 valence electrons. The largest absolute Gasteiger partial charge is 0.384 e. The van der Waals surface area contributed by atoms with Crippen LogP contribution in [0.2, 0.25) is 0 Å². The first-order chi connectivity index (χ1) is 12.8. The van der Waals surface area contributed by atoms with E-state index < -0.39 is 35.6 Å². The molecule has 0 fully saturated rings. The lowest BCUT2D eigenvalue weighted by Crippen LogP contribution is -2.50. The summed E-state index contributed by atoms with van der Waals surface area (Å²) in [5, 5.41) is 63.1. The second-order valence-electron chi connectivity index (χ2n) is 7.38. The van der Waals surface area contributed by atoms with Crippen molar-refractivity contribution in [3.63, 3.8) is 0 Å². The first-order valence-corrected chi connectivity index (χ1v) is 8.57. The topological polar surface area (TPSA) is 156 Å². The minimum absolute atomic E-state index is 0.0930.